The molecule has 0 radical (unpaired) electrons. The molecule has 1 aromatic heterocycles. The predicted octanol–water partition coefficient (Wildman–Crippen LogP) is 4.56. The summed E-state index contributed by atoms with van der Waals surface area (Å²) >= 11 is 0. The number of ether oxygens (including phenoxy) is 1. The SMILES string of the molecule is N=Cc1cc(-n2ccc(OCc3ccccc3)cc2=O)ccc1NCCN1CCCC(F)(F)C1. The van der Waals surface area contributed by atoms with Crippen molar-refractivity contribution in [2.75, 3.05) is 31.5 Å². The van der Waals surface area contributed by atoms with E-state index in [1.807, 2.05) is 30.3 Å². The first-order valence-corrected chi connectivity index (χ1v) is 11.3. The van der Waals surface area contributed by atoms with Crippen LogP contribution in [-0.4, -0.2) is 47.8 Å². The average molecular weight is 467 g/mol. The molecule has 2 aromatic carbocycles. The number of benzene rings is 2. The fraction of sp³-hybridized carbons (Fsp3) is 0.308. The van der Waals surface area contributed by atoms with E-state index < -0.39 is 5.92 Å². The van der Waals surface area contributed by atoms with E-state index in [9.17, 15) is 13.6 Å². The Balaban J connectivity index is 1.39. The number of alkyl halides is 2. The molecule has 3 aromatic rings. The number of aromatic nitrogens is 1. The molecule has 2 heterocycles. The second kappa shape index (κ2) is 10.6. The van der Waals surface area contributed by atoms with Gasteiger partial charge < -0.3 is 15.5 Å². The highest BCUT2D eigenvalue weighted by atomic mass is 19.3. The van der Waals surface area contributed by atoms with E-state index in [4.69, 9.17) is 10.1 Å². The number of hydrogen-bond donors (Lipinski definition) is 2. The summed E-state index contributed by atoms with van der Waals surface area (Å²) in [5.74, 6) is -2.13. The average Bonchev–Trinajstić information content (AvgIpc) is 2.83. The molecule has 6 nitrogen and oxygen atoms in total. The quantitative estimate of drug-likeness (QED) is 0.454. The van der Waals surface area contributed by atoms with Crippen LogP contribution < -0.4 is 15.6 Å². The van der Waals surface area contributed by atoms with Gasteiger partial charge in [-0.2, -0.15) is 0 Å². The Hall–Kier alpha value is -3.52. The normalized spacial score (nSPS) is 15.6. The van der Waals surface area contributed by atoms with Gasteiger partial charge in [-0.1, -0.05) is 30.3 Å². The molecule has 1 fully saturated rings. The summed E-state index contributed by atoms with van der Waals surface area (Å²) in [7, 11) is 0. The van der Waals surface area contributed by atoms with Gasteiger partial charge in [-0.3, -0.25) is 14.3 Å². The molecule has 0 amide bonds. The first kappa shape index (κ1) is 23.6. The minimum atomic E-state index is -2.62. The maximum Gasteiger partial charge on any atom is 0.260 e. The lowest BCUT2D eigenvalue weighted by Crippen LogP contribution is -2.44. The first-order valence-electron chi connectivity index (χ1n) is 11.3. The number of nitrogens with one attached hydrogen (secondary N) is 2. The molecule has 178 valence electrons. The topological polar surface area (TPSA) is 70.3 Å². The molecule has 0 saturated carbocycles. The van der Waals surface area contributed by atoms with E-state index in [2.05, 4.69) is 5.32 Å². The molecule has 0 bridgehead atoms. The van der Waals surface area contributed by atoms with Gasteiger partial charge in [0.05, 0.1) is 6.54 Å². The third-order valence-corrected chi connectivity index (χ3v) is 5.82. The smallest absolute Gasteiger partial charge is 0.260 e. The predicted molar refractivity (Wildman–Crippen MR) is 130 cm³/mol. The standard InChI is InChI=1S/C26H28F2N4O2/c27-26(28)10-4-12-31(19-26)14-11-30-24-8-7-22(15-21(24)17-29)32-13-9-23(16-25(32)33)34-18-20-5-2-1-3-6-20/h1-3,5-9,13,15-17,29-30H,4,10-12,14,18-19H2. The summed E-state index contributed by atoms with van der Waals surface area (Å²) in [6, 6.07) is 18.2. The van der Waals surface area contributed by atoms with Crippen molar-refractivity contribution in [3.63, 3.8) is 0 Å². The third kappa shape index (κ3) is 6.08. The fourth-order valence-corrected chi connectivity index (χ4v) is 4.07. The molecule has 0 spiro atoms. The monoisotopic (exact) mass is 466 g/mol. The number of hydrogen-bond acceptors (Lipinski definition) is 5. The van der Waals surface area contributed by atoms with Gasteiger partial charge in [0.15, 0.2) is 0 Å². The van der Waals surface area contributed by atoms with Crippen molar-refractivity contribution < 1.29 is 13.5 Å². The Morgan fingerprint density at radius 1 is 1.12 bits per heavy atom. The van der Waals surface area contributed by atoms with Gasteiger partial charge in [-0.05, 0) is 42.8 Å². The van der Waals surface area contributed by atoms with Gasteiger partial charge in [-0.15, -0.1) is 0 Å². The summed E-state index contributed by atoms with van der Waals surface area (Å²) in [5, 5.41) is 11.0. The van der Waals surface area contributed by atoms with E-state index in [0.29, 0.717) is 49.7 Å². The molecule has 4 rings (SSSR count). The minimum Gasteiger partial charge on any atom is -0.489 e. The summed E-state index contributed by atoms with van der Waals surface area (Å²) in [6.45, 7) is 1.82. The van der Waals surface area contributed by atoms with Crippen molar-refractivity contribution in [2.24, 2.45) is 0 Å². The number of halogens is 2. The number of anilines is 1. The van der Waals surface area contributed by atoms with Crippen LogP contribution in [0.15, 0.2) is 71.7 Å². The lowest BCUT2D eigenvalue weighted by molar-refractivity contribution is -0.0628. The summed E-state index contributed by atoms with van der Waals surface area (Å²) in [6.07, 6.45) is 3.31. The lowest BCUT2D eigenvalue weighted by Gasteiger charge is -2.32. The van der Waals surface area contributed by atoms with Crippen LogP contribution in [0.1, 0.15) is 24.0 Å². The number of rotatable bonds is 9. The van der Waals surface area contributed by atoms with Gasteiger partial charge in [-0.25, -0.2) is 8.78 Å². The van der Waals surface area contributed by atoms with Crippen LogP contribution in [0.2, 0.25) is 0 Å². The highest BCUT2D eigenvalue weighted by Crippen LogP contribution is 2.26. The molecule has 8 heteroatoms. The van der Waals surface area contributed by atoms with Crippen LogP contribution in [0.5, 0.6) is 5.75 Å². The molecule has 0 unspecified atom stereocenters. The Kier molecular flexibility index (Phi) is 7.37. The van der Waals surface area contributed by atoms with Crippen molar-refractivity contribution >= 4 is 11.9 Å². The van der Waals surface area contributed by atoms with Crippen LogP contribution >= 0.6 is 0 Å². The van der Waals surface area contributed by atoms with Crippen LogP contribution in [0.3, 0.4) is 0 Å². The van der Waals surface area contributed by atoms with E-state index in [0.717, 1.165) is 11.3 Å². The van der Waals surface area contributed by atoms with E-state index in [-0.39, 0.29) is 18.5 Å². The third-order valence-electron chi connectivity index (χ3n) is 5.82. The molecular formula is C26H28F2N4O2. The summed E-state index contributed by atoms with van der Waals surface area (Å²) in [4.78, 5) is 14.4. The number of pyridine rings is 1. The van der Waals surface area contributed by atoms with Gasteiger partial charge in [0.1, 0.15) is 12.4 Å². The van der Waals surface area contributed by atoms with Crippen molar-refractivity contribution in [3.8, 4) is 11.4 Å². The Morgan fingerprint density at radius 2 is 1.94 bits per heavy atom. The molecule has 1 aliphatic rings. The van der Waals surface area contributed by atoms with Gasteiger partial charge in [0.25, 0.3) is 11.5 Å². The van der Waals surface area contributed by atoms with E-state index >= 15 is 0 Å². The van der Waals surface area contributed by atoms with Crippen LogP contribution in [-0.2, 0) is 6.61 Å². The van der Waals surface area contributed by atoms with Crippen molar-refractivity contribution in [1.29, 1.82) is 5.41 Å². The maximum absolute atomic E-state index is 13.6. The summed E-state index contributed by atoms with van der Waals surface area (Å²) < 4.78 is 34.4. The number of piperidine rings is 1. The van der Waals surface area contributed by atoms with E-state index in [1.54, 1.807) is 35.4 Å². The summed E-state index contributed by atoms with van der Waals surface area (Å²) in [5.41, 5.74) is 2.73. The van der Waals surface area contributed by atoms with Crippen molar-refractivity contribution in [3.05, 3.63) is 88.3 Å². The van der Waals surface area contributed by atoms with Crippen molar-refractivity contribution in [1.82, 2.24) is 9.47 Å². The molecule has 0 aliphatic carbocycles. The largest absolute Gasteiger partial charge is 0.489 e. The lowest BCUT2D eigenvalue weighted by atomic mass is 10.1. The van der Waals surface area contributed by atoms with Crippen LogP contribution in [0.25, 0.3) is 5.69 Å². The highest BCUT2D eigenvalue weighted by molar-refractivity contribution is 5.86. The minimum absolute atomic E-state index is 0.0458. The zero-order valence-corrected chi connectivity index (χ0v) is 18.8. The van der Waals surface area contributed by atoms with Gasteiger partial charge in [0.2, 0.25) is 0 Å². The molecule has 34 heavy (non-hydrogen) atoms. The molecule has 2 N–H and O–H groups in total. The Labute approximate surface area is 197 Å². The molecule has 1 saturated heterocycles. The first-order chi connectivity index (χ1) is 16.4. The molecular weight excluding hydrogens is 438 g/mol. The highest BCUT2D eigenvalue weighted by Gasteiger charge is 2.34. The number of likely N-dealkylation sites (tertiary alicyclic amines) is 1. The van der Waals surface area contributed by atoms with E-state index in [1.165, 1.54) is 16.8 Å². The maximum atomic E-state index is 13.6. The Morgan fingerprint density at radius 3 is 2.68 bits per heavy atom. The second-order valence-corrected chi connectivity index (χ2v) is 8.42. The van der Waals surface area contributed by atoms with Crippen LogP contribution in [0.4, 0.5) is 14.5 Å². The zero-order chi connectivity index (χ0) is 24.0. The van der Waals surface area contributed by atoms with Gasteiger partial charge >= 0.3 is 0 Å². The van der Waals surface area contributed by atoms with Crippen molar-refractivity contribution in [2.45, 2.75) is 25.4 Å². The fourth-order valence-electron chi connectivity index (χ4n) is 4.07. The number of nitrogens with zero attached hydrogens (tertiary/aromatic N) is 2. The molecule has 0 atom stereocenters. The second-order valence-electron chi connectivity index (χ2n) is 8.42. The van der Waals surface area contributed by atoms with Gasteiger partial charge in [0, 0.05) is 54.9 Å². The zero-order valence-electron chi connectivity index (χ0n) is 18.8. The Bertz CT molecular complexity index is 1180. The van der Waals surface area contributed by atoms with Crippen LogP contribution in [0, 0.1) is 5.41 Å². The molecule has 1 aliphatic heterocycles.